The zero-order valence-electron chi connectivity index (χ0n) is 8.68. The number of benzene rings is 1. The number of fused-ring (bicyclic) bond motifs is 1. The second kappa shape index (κ2) is 3.70. The van der Waals surface area contributed by atoms with Crippen LogP contribution in [0, 0.1) is 11.7 Å². The van der Waals surface area contributed by atoms with Gasteiger partial charge in [-0.1, -0.05) is 13.0 Å². The molecule has 0 aromatic heterocycles. The fraction of sp³-hybridized carbons (Fsp3) is 0.500. The summed E-state index contributed by atoms with van der Waals surface area (Å²) in [6, 6.07) is 5.46. The highest BCUT2D eigenvalue weighted by molar-refractivity contribution is 5.33. The molecule has 0 fully saturated rings. The van der Waals surface area contributed by atoms with Crippen LogP contribution in [-0.2, 0) is 6.42 Å². The average molecular weight is 193 g/mol. The van der Waals surface area contributed by atoms with Crippen LogP contribution in [0.2, 0.25) is 0 Å². The Morgan fingerprint density at radius 1 is 1.43 bits per heavy atom. The molecule has 0 saturated heterocycles. The predicted molar refractivity (Wildman–Crippen MR) is 55.7 cm³/mol. The summed E-state index contributed by atoms with van der Waals surface area (Å²) in [4.78, 5) is 0. The number of nitrogens with one attached hydrogen (secondary N) is 1. The van der Waals surface area contributed by atoms with Gasteiger partial charge in [0.15, 0.2) is 0 Å². The normalized spacial score (nSPS) is 25.9. The molecule has 0 amide bonds. The summed E-state index contributed by atoms with van der Waals surface area (Å²) in [5.74, 6) is 0.465. The van der Waals surface area contributed by atoms with Gasteiger partial charge in [0.05, 0.1) is 0 Å². The highest BCUT2D eigenvalue weighted by Gasteiger charge is 2.25. The van der Waals surface area contributed by atoms with Crippen LogP contribution >= 0.6 is 0 Å². The highest BCUT2D eigenvalue weighted by Crippen LogP contribution is 2.34. The van der Waals surface area contributed by atoms with Crippen molar-refractivity contribution in [1.29, 1.82) is 0 Å². The third-order valence-corrected chi connectivity index (χ3v) is 3.19. The molecule has 0 radical (unpaired) electrons. The lowest BCUT2D eigenvalue weighted by Crippen LogP contribution is -2.28. The number of hydrogen-bond donors (Lipinski definition) is 1. The van der Waals surface area contributed by atoms with Crippen LogP contribution in [0.15, 0.2) is 18.2 Å². The monoisotopic (exact) mass is 193 g/mol. The van der Waals surface area contributed by atoms with E-state index >= 15 is 0 Å². The van der Waals surface area contributed by atoms with Gasteiger partial charge in [0.1, 0.15) is 5.82 Å². The van der Waals surface area contributed by atoms with Crippen LogP contribution in [-0.4, -0.2) is 7.05 Å². The topological polar surface area (TPSA) is 12.0 Å². The van der Waals surface area contributed by atoms with Crippen molar-refractivity contribution in [2.24, 2.45) is 5.92 Å². The Morgan fingerprint density at radius 2 is 2.21 bits per heavy atom. The van der Waals surface area contributed by atoms with Crippen molar-refractivity contribution in [1.82, 2.24) is 5.32 Å². The minimum absolute atomic E-state index is 0.127. The fourth-order valence-electron chi connectivity index (χ4n) is 2.38. The summed E-state index contributed by atoms with van der Waals surface area (Å²) in [6.45, 7) is 2.22. The summed E-state index contributed by atoms with van der Waals surface area (Å²) >= 11 is 0. The van der Waals surface area contributed by atoms with E-state index in [2.05, 4.69) is 12.2 Å². The van der Waals surface area contributed by atoms with Gasteiger partial charge in [-0.05, 0) is 49.1 Å². The lowest BCUT2D eigenvalue weighted by Gasteiger charge is -2.31. The Labute approximate surface area is 84.3 Å². The maximum Gasteiger partial charge on any atom is 0.123 e. The third-order valence-electron chi connectivity index (χ3n) is 3.19. The van der Waals surface area contributed by atoms with E-state index in [0.717, 1.165) is 12.0 Å². The highest BCUT2D eigenvalue weighted by atomic mass is 19.1. The van der Waals surface area contributed by atoms with Crippen molar-refractivity contribution in [3.8, 4) is 0 Å². The molecule has 0 aliphatic heterocycles. The van der Waals surface area contributed by atoms with Gasteiger partial charge in [-0.25, -0.2) is 4.39 Å². The second-order valence-corrected chi connectivity index (χ2v) is 4.13. The molecule has 14 heavy (non-hydrogen) atoms. The minimum Gasteiger partial charge on any atom is -0.313 e. The van der Waals surface area contributed by atoms with Gasteiger partial charge in [-0.2, -0.15) is 0 Å². The molecule has 1 aliphatic carbocycles. The Bertz CT molecular complexity index is 335. The van der Waals surface area contributed by atoms with Crippen LogP contribution in [0.1, 0.15) is 30.5 Å². The van der Waals surface area contributed by atoms with Crippen molar-refractivity contribution < 1.29 is 4.39 Å². The van der Waals surface area contributed by atoms with Gasteiger partial charge in [0, 0.05) is 6.04 Å². The number of rotatable bonds is 1. The molecule has 1 N–H and O–H groups in total. The molecule has 1 aromatic rings. The summed E-state index contributed by atoms with van der Waals surface area (Å²) < 4.78 is 13.1. The first-order valence-electron chi connectivity index (χ1n) is 5.18. The second-order valence-electron chi connectivity index (χ2n) is 4.13. The Balaban J connectivity index is 2.43. The Kier molecular flexibility index (Phi) is 2.55. The van der Waals surface area contributed by atoms with Gasteiger partial charge < -0.3 is 5.32 Å². The van der Waals surface area contributed by atoms with Crippen LogP contribution in [0.25, 0.3) is 0 Å². The molecule has 0 bridgehead atoms. The molecule has 2 unspecified atom stereocenters. The van der Waals surface area contributed by atoms with E-state index < -0.39 is 0 Å². The standard InChI is InChI=1S/C12H16FN/c1-8-3-4-9-5-6-10(13)7-11(9)12(8)14-2/h5-8,12,14H,3-4H2,1-2H3. The third kappa shape index (κ3) is 1.55. The first kappa shape index (κ1) is 9.66. The molecular weight excluding hydrogens is 177 g/mol. The van der Waals surface area contributed by atoms with E-state index in [1.807, 2.05) is 13.1 Å². The maximum atomic E-state index is 13.1. The summed E-state index contributed by atoms with van der Waals surface area (Å²) in [7, 11) is 1.95. The largest absolute Gasteiger partial charge is 0.313 e. The lowest BCUT2D eigenvalue weighted by atomic mass is 9.81. The summed E-state index contributed by atoms with van der Waals surface area (Å²) in [5, 5.41) is 3.27. The molecule has 2 atom stereocenters. The van der Waals surface area contributed by atoms with Crippen molar-refractivity contribution in [2.45, 2.75) is 25.8 Å². The Hall–Kier alpha value is -0.890. The average Bonchev–Trinajstić information content (AvgIpc) is 2.17. The number of hydrogen-bond acceptors (Lipinski definition) is 1. The molecule has 1 nitrogen and oxygen atoms in total. The summed E-state index contributed by atoms with van der Waals surface area (Å²) in [6.07, 6.45) is 2.26. The van der Waals surface area contributed by atoms with Crippen molar-refractivity contribution >= 4 is 0 Å². The Morgan fingerprint density at radius 3 is 2.93 bits per heavy atom. The van der Waals surface area contributed by atoms with E-state index in [-0.39, 0.29) is 5.82 Å². The van der Waals surface area contributed by atoms with Crippen molar-refractivity contribution in [3.63, 3.8) is 0 Å². The fourth-order valence-corrected chi connectivity index (χ4v) is 2.38. The molecule has 1 aromatic carbocycles. The van der Waals surface area contributed by atoms with Gasteiger partial charge in [-0.15, -0.1) is 0 Å². The van der Waals surface area contributed by atoms with Crippen LogP contribution in [0.3, 0.4) is 0 Å². The van der Waals surface area contributed by atoms with Crippen LogP contribution in [0.5, 0.6) is 0 Å². The predicted octanol–water partition coefficient (Wildman–Crippen LogP) is 2.67. The van der Waals surface area contributed by atoms with Gasteiger partial charge in [0.25, 0.3) is 0 Å². The molecule has 2 rings (SSSR count). The molecule has 0 spiro atoms. The smallest absolute Gasteiger partial charge is 0.123 e. The van der Waals surface area contributed by atoms with E-state index in [9.17, 15) is 4.39 Å². The lowest BCUT2D eigenvalue weighted by molar-refractivity contribution is 0.362. The molecule has 0 heterocycles. The molecule has 76 valence electrons. The molecule has 2 heteroatoms. The van der Waals surface area contributed by atoms with Crippen LogP contribution < -0.4 is 5.32 Å². The van der Waals surface area contributed by atoms with Gasteiger partial charge in [-0.3, -0.25) is 0 Å². The van der Waals surface area contributed by atoms with Gasteiger partial charge in [0.2, 0.25) is 0 Å². The first-order chi connectivity index (χ1) is 6.72. The van der Waals surface area contributed by atoms with Crippen molar-refractivity contribution in [2.75, 3.05) is 7.05 Å². The zero-order chi connectivity index (χ0) is 10.1. The minimum atomic E-state index is -0.127. The SMILES string of the molecule is CNC1c2cc(F)ccc2CCC1C. The molecule has 1 aliphatic rings. The summed E-state index contributed by atoms with van der Waals surface area (Å²) in [5.41, 5.74) is 2.44. The van der Waals surface area contributed by atoms with E-state index in [0.29, 0.717) is 12.0 Å². The van der Waals surface area contributed by atoms with E-state index in [1.54, 1.807) is 12.1 Å². The van der Waals surface area contributed by atoms with Crippen molar-refractivity contribution in [3.05, 3.63) is 35.1 Å². The maximum absolute atomic E-state index is 13.1. The van der Waals surface area contributed by atoms with Gasteiger partial charge >= 0.3 is 0 Å². The van der Waals surface area contributed by atoms with Crippen LogP contribution in [0.4, 0.5) is 4.39 Å². The van der Waals surface area contributed by atoms with E-state index in [4.69, 9.17) is 0 Å². The molecule has 0 saturated carbocycles. The number of aryl methyl sites for hydroxylation is 1. The zero-order valence-corrected chi connectivity index (χ0v) is 8.68. The van der Waals surface area contributed by atoms with E-state index in [1.165, 1.54) is 12.0 Å². The molecular formula is C12H16FN. The number of halogens is 1. The first-order valence-corrected chi connectivity index (χ1v) is 5.18. The quantitative estimate of drug-likeness (QED) is 0.723.